The predicted molar refractivity (Wildman–Crippen MR) is 118 cm³/mol. The molecule has 0 amide bonds. The fraction of sp³-hybridized carbons (Fsp3) is 1.00. The molecule has 2 atom stereocenters. The van der Waals surface area contributed by atoms with Crippen molar-refractivity contribution < 1.29 is 14.2 Å². The van der Waals surface area contributed by atoms with E-state index >= 15 is 0 Å². The quantitative estimate of drug-likeness (QED) is 0.668. The molecule has 4 aliphatic rings. The maximum atomic E-state index is 5.87. The van der Waals surface area contributed by atoms with E-state index in [-0.39, 0.29) is 5.54 Å². The molecule has 2 unspecified atom stereocenters. The molecule has 0 aromatic heterocycles. The van der Waals surface area contributed by atoms with E-state index in [0.717, 1.165) is 33.0 Å². The molecule has 4 saturated heterocycles. The van der Waals surface area contributed by atoms with Crippen molar-refractivity contribution in [3.8, 4) is 0 Å². The van der Waals surface area contributed by atoms with Crippen LogP contribution in [-0.4, -0.2) is 111 Å². The Labute approximate surface area is 178 Å². The van der Waals surface area contributed by atoms with E-state index in [1.165, 1.54) is 58.4 Å². The second kappa shape index (κ2) is 10.4. The first kappa shape index (κ1) is 23.4. The van der Waals surface area contributed by atoms with Gasteiger partial charge in [-0.3, -0.25) is 9.80 Å². The lowest BCUT2D eigenvalue weighted by atomic mass is 9.94. The van der Waals surface area contributed by atoms with Gasteiger partial charge in [-0.1, -0.05) is 0 Å². The van der Waals surface area contributed by atoms with Crippen LogP contribution in [-0.2, 0) is 14.2 Å². The Kier molecular flexibility index (Phi) is 8.38. The van der Waals surface area contributed by atoms with Crippen LogP contribution in [0, 0.1) is 0 Å². The summed E-state index contributed by atoms with van der Waals surface area (Å²) in [5.74, 6) is 0. The van der Waals surface area contributed by atoms with Crippen LogP contribution in [0.3, 0.4) is 0 Å². The summed E-state index contributed by atoms with van der Waals surface area (Å²) in [5.41, 5.74) is 0.541. The highest BCUT2D eigenvalue weighted by molar-refractivity contribution is 5.01. The van der Waals surface area contributed by atoms with Crippen LogP contribution in [0.25, 0.3) is 0 Å². The molecule has 0 N–H and O–H groups in total. The lowest BCUT2D eigenvalue weighted by molar-refractivity contribution is -0.0945. The Bertz CT molecular complexity index is 504. The van der Waals surface area contributed by atoms with Crippen molar-refractivity contribution in [3.63, 3.8) is 0 Å². The van der Waals surface area contributed by atoms with E-state index in [1.54, 1.807) is 0 Å². The number of fused-ring (bicyclic) bond motifs is 2. The zero-order chi connectivity index (χ0) is 20.9. The van der Waals surface area contributed by atoms with Crippen LogP contribution in [0.4, 0.5) is 0 Å². The topological polar surface area (TPSA) is 37.4 Å². The van der Waals surface area contributed by atoms with Crippen LogP contribution in [0.15, 0.2) is 0 Å². The van der Waals surface area contributed by atoms with Gasteiger partial charge in [0.2, 0.25) is 0 Å². The smallest absolute Gasteiger partial charge is 0.0679 e. The van der Waals surface area contributed by atoms with Gasteiger partial charge in [-0.2, -0.15) is 0 Å². The molecular formula is C23H45N3O3. The van der Waals surface area contributed by atoms with Gasteiger partial charge in [-0.15, -0.1) is 0 Å². The molecule has 29 heavy (non-hydrogen) atoms. The molecule has 4 aliphatic heterocycles. The summed E-state index contributed by atoms with van der Waals surface area (Å²) >= 11 is 0. The fourth-order valence-electron chi connectivity index (χ4n) is 5.40. The molecule has 4 rings (SSSR count). The van der Waals surface area contributed by atoms with Crippen molar-refractivity contribution in [2.45, 2.75) is 76.7 Å². The first-order valence-electron chi connectivity index (χ1n) is 11.8. The first-order chi connectivity index (χ1) is 13.9. The van der Waals surface area contributed by atoms with Crippen LogP contribution in [0.5, 0.6) is 0 Å². The number of hydrogen-bond donors (Lipinski definition) is 0. The SMILES string of the molecule is CC(C)OCC12CCCN1CCN(C)C2.CC(C)OCC12CCCN1CCOC2. The molecular weight excluding hydrogens is 366 g/mol. The van der Waals surface area contributed by atoms with Gasteiger partial charge in [0.1, 0.15) is 0 Å². The standard InChI is InChI=1S/C12H24N2O.C11H21NO2/c1-11(2)15-10-12-5-4-6-14(12)8-7-13(3)9-12;1-10(2)14-9-11-4-3-5-12(11)6-7-13-8-11/h11H,4-10H2,1-3H3;10H,3-9H2,1-2H3. The summed E-state index contributed by atoms with van der Waals surface area (Å²) in [6, 6.07) is 0. The van der Waals surface area contributed by atoms with Gasteiger partial charge in [-0.25, -0.2) is 0 Å². The number of rotatable bonds is 6. The minimum Gasteiger partial charge on any atom is -0.378 e. The van der Waals surface area contributed by atoms with Crippen molar-refractivity contribution >= 4 is 0 Å². The largest absolute Gasteiger partial charge is 0.378 e. The molecule has 0 bridgehead atoms. The highest BCUT2D eigenvalue weighted by Crippen LogP contribution is 2.33. The summed E-state index contributed by atoms with van der Waals surface area (Å²) in [4.78, 5) is 7.65. The normalized spacial score (nSPS) is 33.6. The monoisotopic (exact) mass is 411 g/mol. The van der Waals surface area contributed by atoms with Crippen molar-refractivity contribution in [2.24, 2.45) is 0 Å². The molecule has 6 heteroatoms. The lowest BCUT2D eigenvalue weighted by Crippen LogP contribution is -2.60. The number of nitrogens with zero attached hydrogens (tertiary/aromatic N) is 3. The number of morpholine rings is 1. The molecule has 0 spiro atoms. The summed E-state index contributed by atoms with van der Waals surface area (Å²) in [6.45, 7) is 19.1. The van der Waals surface area contributed by atoms with Gasteiger partial charge >= 0.3 is 0 Å². The van der Waals surface area contributed by atoms with E-state index < -0.39 is 0 Å². The maximum absolute atomic E-state index is 5.87. The van der Waals surface area contributed by atoms with Crippen LogP contribution < -0.4 is 0 Å². The van der Waals surface area contributed by atoms with Crippen LogP contribution >= 0.6 is 0 Å². The van der Waals surface area contributed by atoms with Crippen molar-refractivity contribution in [2.75, 3.05) is 72.7 Å². The van der Waals surface area contributed by atoms with Crippen molar-refractivity contribution in [1.29, 1.82) is 0 Å². The van der Waals surface area contributed by atoms with Gasteiger partial charge in [0.15, 0.2) is 0 Å². The number of piperazine rings is 1. The Morgan fingerprint density at radius 3 is 2.03 bits per heavy atom. The Morgan fingerprint density at radius 2 is 1.38 bits per heavy atom. The Morgan fingerprint density at radius 1 is 0.793 bits per heavy atom. The van der Waals surface area contributed by atoms with E-state index in [9.17, 15) is 0 Å². The second-order valence-corrected chi connectivity index (χ2v) is 10.1. The first-order valence-corrected chi connectivity index (χ1v) is 11.8. The molecule has 4 fully saturated rings. The molecule has 0 radical (unpaired) electrons. The highest BCUT2D eigenvalue weighted by Gasteiger charge is 2.44. The van der Waals surface area contributed by atoms with E-state index in [2.05, 4.69) is 49.4 Å². The van der Waals surface area contributed by atoms with E-state index in [0.29, 0.717) is 17.7 Å². The second-order valence-electron chi connectivity index (χ2n) is 10.1. The van der Waals surface area contributed by atoms with Crippen LogP contribution in [0.1, 0.15) is 53.4 Å². The van der Waals surface area contributed by atoms with Crippen molar-refractivity contribution in [1.82, 2.24) is 14.7 Å². The average Bonchev–Trinajstić information content (AvgIpc) is 3.29. The Balaban J connectivity index is 0.000000166. The van der Waals surface area contributed by atoms with E-state index in [1.807, 2.05) is 0 Å². The average molecular weight is 412 g/mol. The Hall–Kier alpha value is -0.240. The molecule has 170 valence electrons. The maximum Gasteiger partial charge on any atom is 0.0679 e. The molecule has 0 saturated carbocycles. The summed E-state index contributed by atoms with van der Waals surface area (Å²) in [6.07, 6.45) is 5.87. The molecule has 4 heterocycles. The zero-order valence-electron chi connectivity index (χ0n) is 19.6. The van der Waals surface area contributed by atoms with Gasteiger partial charge in [0.05, 0.1) is 49.7 Å². The minimum atomic E-state index is 0.211. The van der Waals surface area contributed by atoms with E-state index in [4.69, 9.17) is 14.2 Å². The predicted octanol–water partition coefficient (Wildman–Crippen LogP) is 2.47. The lowest BCUT2D eigenvalue weighted by Gasteiger charge is -2.46. The van der Waals surface area contributed by atoms with Crippen LogP contribution in [0.2, 0.25) is 0 Å². The molecule has 0 aromatic carbocycles. The zero-order valence-corrected chi connectivity index (χ0v) is 19.6. The van der Waals surface area contributed by atoms with Gasteiger partial charge in [0.25, 0.3) is 0 Å². The third-order valence-corrected chi connectivity index (χ3v) is 7.04. The highest BCUT2D eigenvalue weighted by atomic mass is 16.5. The number of ether oxygens (including phenoxy) is 3. The summed E-state index contributed by atoms with van der Waals surface area (Å²) in [5, 5.41) is 0. The number of hydrogen-bond acceptors (Lipinski definition) is 6. The fourth-order valence-corrected chi connectivity index (χ4v) is 5.40. The molecule has 0 aliphatic carbocycles. The van der Waals surface area contributed by atoms with Gasteiger partial charge in [-0.05, 0) is 73.5 Å². The molecule has 0 aromatic rings. The van der Waals surface area contributed by atoms with Gasteiger partial charge < -0.3 is 19.1 Å². The van der Waals surface area contributed by atoms with Crippen molar-refractivity contribution in [3.05, 3.63) is 0 Å². The number of likely N-dealkylation sites (N-methyl/N-ethyl adjacent to an activating group) is 1. The third kappa shape index (κ3) is 5.92. The molecule has 6 nitrogen and oxygen atoms in total. The summed E-state index contributed by atoms with van der Waals surface area (Å²) in [7, 11) is 2.23. The van der Waals surface area contributed by atoms with Gasteiger partial charge in [0, 0.05) is 26.2 Å². The third-order valence-electron chi connectivity index (χ3n) is 7.04. The minimum absolute atomic E-state index is 0.211. The summed E-state index contributed by atoms with van der Waals surface area (Å²) < 4.78 is 17.2.